The zero-order chi connectivity index (χ0) is 14.4. The molecule has 3 atom stereocenters. The molecule has 0 saturated heterocycles. The number of ketones is 2. The van der Waals surface area contributed by atoms with Gasteiger partial charge in [-0.25, -0.2) is 0 Å². The molecule has 0 fully saturated rings. The third-order valence-corrected chi connectivity index (χ3v) is 4.56. The zero-order valence-corrected chi connectivity index (χ0v) is 11.1. The number of hydrogen-bond donors (Lipinski definition) is 2. The van der Waals surface area contributed by atoms with E-state index in [9.17, 15) is 14.7 Å². The quantitative estimate of drug-likeness (QED) is 0.726. The lowest BCUT2D eigenvalue weighted by Crippen LogP contribution is -2.52. The van der Waals surface area contributed by atoms with Crippen molar-refractivity contribution in [1.29, 1.82) is 0 Å². The van der Waals surface area contributed by atoms with E-state index in [1.807, 2.05) is 6.92 Å². The van der Waals surface area contributed by atoms with Gasteiger partial charge in [-0.15, -0.1) is 0 Å². The Morgan fingerprint density at radius 2 is 2.11 bits per heavy atom. The second-order valence-electron chi connectivity index (χ2n) is 5.64. The summed E-state index contributed by atoms with van der Waals surface area (Å²) in [7, 11) is 0. The van der Waals surface area contributed by atoms with E-state index >= 15 is 0 Å². The molecule has 0 heterocycles. The molecular weight excluding hydrogens is 244 g/mol. The van der Waals surface area contributed by atoms with Crippen molar-refractivity contribution >= 4 is 11.6 Å². The largest absolute Gasteiger partial charge is 0.392 e. The number of rotatable bonds is 2. The molecule has 0 radical (unpaired) electrons. The molecule has 2 aliphatic rings. The van der Waals surface area contributed by atoms with Crippen LogP contribution in [0.2, 0.25) is 0 Å². The third kappa shape index (κ3) is 1.83. The van der Waals surface area contributed by atoms with Crippen LogP contribution < -0.4 is 0 Å². The highest BCUT2D eigenvalue weighted by atomic mass is 16.3. The number of carbonyl (C=O) groups excluding carboxylic acids is 2. The van der Waals surface area contributed by atoms with Gasteiger partial charge in [0.25, 0.3) is 0 Å². The fourth-order valence-corrected chi connectivity index (χ4v) is 2.85. The molecule has 2 N–H and O–H groups in total. The standard InChI is InChI=1S/C15H18O4/c1-9(7-16)15(19)8-14(3)10(2)12(17)5-4-11(14)6-13(15)18/h4-6,10,16,19H,1,7-8H2,2-3H3/t10-,14+,15+/m1/s1. The van der Waals surface area contributed by atoms with E-state index in [1.54, 1.807) is 13.0 Å². The number of carbonyl (C=O) groups is 2. The summed E-state index contributed by atoms with van der Waals surface area (Å²) in [5.74, 6) is -0.828. The normalized spacial score (nSPS) is 37.9. The predicted molar refractivity (Wildman–Crippen MR) is 70.3 cm³/mol. The van der Waals surface area contributed by atoms with Crippen LogP contribution in [0.25, 0.3) is 0 Å². The predicted octanol–water partition coefficient (Wildman–Crippen LogP) is 0.946. The highest BCUT2D eigenvalue weighted by molar-refractivity contribution is 6.03. The van der Waals surface area contributed by atoms with Gasteiger partial charge in [0.1, 0.15) is 0 Å². The average molecular weight is 262 g/mol. The Bertz CT molecular complexity index is 528. The fourth-order valence-electron chi connectivity index (χ4n) is 2.85. The Kier molecular flexibility index (Phi) is 3.11. The van der Waals surface area contributed by atoms with E-state index in [0.717, 1.165) is 5.57 Å². The van der Waals surface area contributed by atoms with E-state index in [0.29, 0.717) is 0 Å². The monoisotopic (exact) mass is 262 g/mol. The Hall–Kier alpha value is -1.52. The molecule has 2 rings (SSSR count). The summed E-state index contributed by atoms with van der Waals surface area (Å²) >= 11 is 0. The van der Waals surface area contributed by atoms with Crippen molar-refractivity contribution in [2.45, 2.75) is 25.9 Å². The molecule has 19 heavy (non-hydrogen) atoms. The number of aliphatic hydroxyl groups is 2. The lowest BCUT2D eigenvalue weighted by atomic mass is 9.58. The fraction of sp³-hybridized carbons (Fsp3) is 0.467. The molecule has 2 aliphatic carbocycles. The SMILES string of the molecule is C=C(CO)[C@@]1(O)C[C@]2(C)C(=CC1=O)C=CC(=O)[C@H]2C. The van der Waals surface area contributed by atoms with Gasteiger partial charge in [0, 0.05) is 11.3 Å². The lowest BCUT2D eigenvalue weighted by Gasteiger charge is -2.46. The van der Waals surface area contributed by atoms with E-state index in [2.05, 4.69) is 6.58 Å². The number of hydrogen-bond acceptors (Lipinski definition) is 4. The minimum atomic E-state index is -1.78. The summed E-state index contributed by atoms with van der Waals surface area (Å²) in [5, 5.41) is 19.7. The van der Waals surface area contributed by atoms with Crippen LogP contribution in [-0.2, 0) is 9.59 Å². The maximum absolute atomic E-state index is 12.1. The molecule has 4 heteroatoms. The van der Waals surface area contributed by atoms with Crippen LogP contribution in [0.5, 0.6) is 0 Å². The zero-order valence-electron chi connectivity index (χ0n) is 11.1. The Morgan fingerprint density at radius 1 is 1.47 bits per heavy atom. The van der Waals surface area contributed by atoms with E-state index in [4.69, 9.17) is 5.11 Å². The second-order valence-corrected chi connectivity index (χ2v) is 5.64. The molecule has 0 aromatic rings. The van der Waals surface area contributed by atoms with E-state index in [1.165, 1.54) is 12.2 Å². The first kappa shape index (κ1) is 13.9. The van der Waals surface area contributed by atoms with Crippen LogP contribution in [0, 0.1) is 11.3 Å². The molecule has 0 unspecified atom stereocenters. The first-order valence-electron chi connectivity index (χ1n) is 6.26. The van der Waals surface area contributed by atoms with Crippen molar-refractivity contribution in [3.8, 4) is 0 Å². The first-order chi connectivity index (χ1) is 8.75. The maximum atomic E-state index is 12.1. The summed E-state index contributed by atoms with van der Waals surface area (Å²) in [6.07, 6.45) is 4.55. The van der Waals surface area contributed by atoms with Crippen molar-refractivity contribution in [3.05, 3.63) is 36.0 Å². The average Bonchev–Trinajstić information content (AvgIpc) is 2.37. The highest BCUT2D eigenvalue weighted by Crippen LogP contribution is 2.50. The van der Waals surface area contributed by atoms with Crippen LogP contribution in [0.4, 0.5) is 0 Å². The van der Waals surface area contributed by atoms with E-state index in [-0.39, 0.29) is 23.7 Å². The van der Waals surface area contributed by atoms with Gasteiger partial charge >= 0.3 is 0 Å². The molecule has 0 amide bonds. The number of allylic oxidation sites excluding steroid dienone is 3. The van der Waals surface area contributed by atoms with Gasteiger partial charge in [-0.05, 0) is 29.7 Å². The van der Waals surface area contributed by atoms with Crippen LogP contribution in [-0.4, -0.2) is 34.0 Å². The van der Waals surface area contributed by atoms with Crippen molar-refractivity contribution in [2.75, 3.05) is 6.61 Å². The lowest BCUT2D eigenvalue weighted by molar-refractivity contribution is -0.136. The van der Waals surface area contributed by atoms with Gasteiger partial charge in [-0.2, -0.15) is 0 Å². The summed E-state index contributed by atoms with van der Waals surface area (Å²) in [6.45, 7) is 6.76. The molecule has 0 spiro atoms. The molecule has 0 aromatic carbocycles. The van der Waals surface area contributed by atoms with E-state index < -0.39 is 23.4 Å². The van der Waals surface area contributed by atoms with Crippen LogP contribution in [0.3, 0.4) is 0 Å². The number of fused-ring (bicyclic) bond motifs is 1. The molecule has 102 valence electrons. The number of aliphatic hydroxyl groups excluding tert-OH is 1. The molecule has 4 nitrogen and oxygen atoms in total. The minimum Gasteiger partial charge on any atom is -0.392 e. The molecule has 0 saturated carbocycles. The van der Waals surface area contributed by atoms with Gasteiger partial charge in [0.05, 0.1) is 6.61 Å². The summed E-state index contributed by atoms with van der Waals surface area (Å²) in [5.41, 5.74) is -1.58. The maximum Gasteiger partial charge on any atom is 0.191 e. The van der Waals surface area contributed by atoms with Gasteiger partial charge in [-0.1, -0.05) is 26.5 Å². The van der Waals surface area contributed by atoms with Gasteiger partial charge in [-0.3, -0.25) is 9.59 Å². The summed E-state index contributed by atoms with van der Waals surface area (Å²) in [4.78, 5) is 23.9. The summed E-state index contributed by atoms with van der Waals surface area (Å²) < 4.78 is 0. The van der Waals surface area contributed by atoms with Gasteiger partial charge in [0.2, 0.25) is 0 Å². The van der Waals surface area contributed by atoms with Crippen molar-refractivity contribution < 1.29 is 19.8 Å². The van der Waals surface area contributed by atoms with Crippen LogP contribution >= 0.6 is 0 Å². The Morgan fingerprint density at radius 3 is 2.68 bits per heavy atom. The van der Waals surface area contributed by atoms with Crippen molar-refractivity contribution in [1.82, 2.24) is 0 Å². The van der Waals surface area contributed by atoms with Gasteiger partial charge < -0.3 is 10.2 Å². The highest BCUT2D eigenvalue weighted by Gasteiger charge is 2.52. The molecule has 0 bridgehead atoms. The Balaban J connectivity index is 2.55. The first-order valence-corrected chi connectivity index (χ1v) is 6.26. The van der Waals surface area contributed by atoms with Crippen molar-refractivity contribution in [2.24, 2.45) is 11.3 Å². The second kappa shape index (κ2) is 4.25. The molecule has 0 aliphatic heterocycles. The van der Waals surface area contributed by atoms with Gasteiger partial charge in [0.15, 0.2) is 17.2 Å². The molecular formula is C15H18O4. The topological polar surface area (TPSA) is 74.6 Å². The Labute approximate surface area is 112 Å². The molecule has 0 aromatic heterocycles. The van der Waals surface area contributed by atoms with Crippen molar-refractivity contribution in [3.63, 3.8) is 0 Å². The summed E-state index contributed by atoms with van der Waals surface area (Å²) in [6, 6.07) is 0. The smallest absolute Gasteiger partial charge is 0.191 e. The van der Waals surface area contributed by atoms with Crippen LogP contribution in [0.1, 0.15) is 20.3 Å². The third-order valence-electron chi connectivity index (χ3n) is 4.56. The van der Waals surface area contributed by atoms with Crippen LogP contribution in [0.15, 0.2) is 36.0 Å². The minimum absolute atomic E-state index is 0.0223.